The lowest BCUT2D eigenvalue weighted by atomic mass is 9.94. The molecule has 1 unspecified atom stereocenters. The Morgan fingerprint density at radius 2 is 2.00 bits per heavy atom. The summed E-state index contributed by atoms with van der Waals surface area (Å²) in [6, 6.07) is 4.83. The normalized spacial score (nSPS) is 15.2. The summed E-state index contributed by atoms with van der Waals surface area (Å²) in [5, 5.41) is 13.8. The molecule has 0 amide bonds. The highest BCUT2D eigenvalue weighted by atomic mass is 35.5. The Bertz CT molecular complexity index is 583. The summed E-state index contributed by atoms with van der Waals surface area (Å²) in [5.41, 5.74) is -0.289. The third-order valence-electron chi connectivity index (χ3n) is 3.13. The number of hydrogen-bond donors (Lipinski definition) is 2. The van der Waals surface area contributed by atoms with Gasteiger partial charge in [-0.2, -0.15) is 0 Å². The Morgan fingerprint density at radius 1 is 1.38 bits per heavy atom. The molecule has 0 fully saturated rings. The van der Waals surface area contributed by atoms with Crippen LogP contribution >= 0.6 is 11.6 Å². The Hall–Kier alpha value is -0.620. The van der Waals surface area contributed by atoms with E-state index in [-0.39, 0.29) is 4.90 Å². The van der Waals surface area contributed by atoms with Gasteiger partial charge in [-0.1, -0.05) is 31.5 Å². The van der Waals surface area contributed by atoms with Gasteiger partial charge in [0, 0.05) is 29.9 Å². The zero-order valence-electron chi connectivity index (χ0n) is 13.0. The van der Waals surface area contributed by atoms with Crippen LogP contribution in [0.3, 0.4) is 0 Å². The number of sulfone groups is 1. The highest BCUT2D eigenvalue weighted by Gasteiger charge is 2.22. The van der Waals surface area contributed by atoms with E-state index >= 15 is 0 Å². The first kappa shape index (κ1) is 18.4. The molecule has 1 atom stereocenters. The molecule has 0 radical (unpaired) electrons. The monoisotopic (exact) mass is 333 g/mol. The molecule has 0 aliphatic heterocycles. The standard InChI is InChI=1S/C15H24ClNO3S/c1-11(2)8-15(3,18)10-17-9-12-13(16)6-5-7-14(12)21(4,19)20/h5-7,11,17-18H,8-10H2,1-4H3. The summed E-state index contributed by atoms with van der Waals surface area (Å²) in [5.74, 6) is 0.383. The van der Waals surface area contributed by atoms with E-state index in [0.29, 0.717) is 36.0 Å². The molecule has 1 aromatic carbocycles. The van der Waals surface area contributed by atoms with E-state index in [1.165, 1.54) is 0 Å². The van der Waals surface area contributed by atoms with Crippen LogP contribution in [0.1, 0.15) is 32.8 Å². The van der Waals surface area contributed by atoms with Gasteiger partial charge in [0.25, 0.3) is 0 Å². The lowest BCUT2D eigenvalue weighted by Crippen LogP contribution is -2.38. The SMILES string of the molecule is CC(C)CC(C)(O)CNCc1c(Cl)cccc1S(C)(=O)=O. The van der Waals surface area contributed by atoms with Crippen molar-refractivity contribution in [2.24, 2.45) is 5.92 Å². The van der Waals surface area contributed by atoms with Gasteiger partial charge in [0.05, 0.1) is 10.5 Å². The highest BCUT2D eigenvalue weighted by Crippen LogP contribution is 2.24. The van der Waals surface area contributed by atoms with Crippen LogP contribution in [0.15, 0.2) is 23.1 Å². The average molecular weight is 334 g/mol. The van der Waals surface area contributed by atoms with Crippen molar-refractivity contribution in [1.82, 2.24) is 5.32 Å². The van der Waals surface area contributed by atoms with Gasteiger partial charge in [-0.25, -0.2) is 8.42 Å². The van der Waals surface area contributed by atoms with Crippen LogP contribution in [0.2, 0.25) is 5.02 Å². The van der Waals surface area contributed by atoms with Gasteiger partial charge in [0.1, 0.15) is 0 Å². The number of halogens is 1. The van der Waals surface area contributed by atoms with Crippen molar-refractivity contribution in [2.45, 2.75) is 44.2 Å². The Labute approximate surface area is 132 Å². The van der Waals surface area contributed by atoms with Crippen LogP contribution < -0.4 is 5.32 Å². The quantitative estimate of drug-likeness (QED) is 0.805. The van der Waals surface area contributed by atoms with Crippen LogP contribution in [0.4, 0.5) is 0 Å². The second kappa shape index (κ2) is 7.09. The number of nitrogens with one attached hydrogen (secondary N) is 1. The van der Waals surface area contributed by atoms with E-state index in [2.05, 4.69) is 5.32 Å². The van der Waals surface area contributed by atoms with Gasteiger partial charge in [-0.05, 0) is 31.4 Å². The summed E-state index contributed by atoms with van der Waals surface area (Å²) in [6.45, 7) is 6.54. The molecule has 0 aromatic heterocycles. The molecular formula is C15H24ClNO3S. The molecule has 120 valence electrons. The molecule has 21 heavy (non-hydrogen) atoms. The van der Waals surface area contributed by atoms with Gasteiger partial charge in [-0.3, -0.25) is 0 Å². The van der Waals surface area contributed by atoms with E-state index in [0.717, 1.165) is 6.26 Å². The second-order valence-corrected chi connectivity index (χ2v) is 8.58. The molecule has 2 N–H and O–H groups in total. The molecule has 4 nitrogen and oxygen atoms in total. The summed E-state index contributed by atoms with van der Waals surface area (Å²) < 4.78 is 23.6. The molecule has 0 aliphatic carbocycles. The number of aliphatic hydroxyl groups is 1. The van der Waals surface area contributed by atoms with Crippen molar-refractivity contribution in [3.63, 3.8) is 0 Å². The van der Waals surface area contributed by atoms with E-state index in [4.69, 9.17) is 11.6 Å². The van der Waals surface area contributed by atoms with Crippen molar-refractivity contribution >= 4 is 21.4 Å². The fourth-order valence-electron chi connectivity index (χ4n) is 2.47. The van der Waals surface area contributed by atoms with Gasteiger partial charge >= 0.3 is 0 Å². The minimum atomic E-state index is -3.33. The van der Waals surface area contributed by atoms with E-state index in [9.17, 15) is 13.5 Å². The highest BCUT2D eigenvalue weighted by molar-refractivity contribution is 7.90. The third kappa shape index (κ3) is 5.94. The second-order valence-electron chi connectivity index (χ2n) is 6.19. The van der Waals surface area contributed by atoms with Crippen molar-refractivity contribution < 1.29 is 13.5 Å². The fourth-order valence-corrected chi connectivity index (χ4v) is 3.72. The van der Waals surface area contributed by atoms with Gasteiger partial charge in [0.2, 0.25) is 0 Å². The Morgan fingerprint density at radius 3 is 2.52 bits per heavy atom. The lowest BCUT2D eigenvalue weighted by Gasteiger charge is -2.26. The Balaban J connectivity index is 2.81. The van der Waals surface area contributed by atoms with Gasteiger partial charge in [-0.15, -0.1) is 0 Å². The zero-order valence-corrected chi connectivity index (χ0v) is 14.6. The maximum atomic E-state index is 11.8. The lowest BCUT2D eigenvalue weighted by molar-refractivity contribution is 0.0383. The topological polar surface area (TPSA) is 66.4 Å². The first-order chi connectivity index (χ1) is 9.53. The molecule has 0 bridgehead atoms. The first-order valence-electron chi connectivity index (χ1n) is 6.93. The maximum Gasteiger partial charge on any atom is 0.175 e. The van der Waals surface area contributed by atoms with Gasteiger partial charge in [0.15, 0.2) is 9.84 Å². The zero-order chi connectivity index (χ0) is 16.3. The fraction of sp³-hybridized carbons (Fsp3) is 0.600. The molecular weight excluding hydrogens is 310 g/mol. The number of rotatable bonds is 7. The summed E-state index contributed by atoms with van der Waals surface area (Å²) in [6.07, 6.45) is 1.83. The van der Waals surface area contributed by atoms with Crippen LogP contribution in [0.5, 0.6) is 0 Å². The molecule has 1 aromatic rings. The smallest absolute Gasteiger partial charge is 0.175 e. The first-order valence-corrected chi connectivity index (χ1v) is 9.20. The molecule has 1 rings (SSSR count). The van der Waals surface area contributed by atoms with Gasteiger partial charge < -0.3 is 10.4 Å². The van der Waals surface area contributed by atoms with Crippen LogP contribution in [-0.2, 0) is 16.4 Å². The molecule has 6 heteroatoms. The van der Waals surface area contributed by atoms with Crippen molar-refractivity contribution in [2.75, 3.05) is 12.8 Å². The molecule has 0 spiro atoms. The maximum absolute atomic E-state index is 11.8. The van der Waals surface area contributed by atoms with Crippen LogP contribution in [0, 0.1) is 5.92 Å². The predicted octanol–water partition coefficient (Wildman–Crippen LogP) is 2.63. The molecule has 0 heterocycles. The summed E-state index contributed by atoms with van der Waals surface area (Å²) in [7, 11) is -3.33. The van der Waals surface area contributed by atoms with E-state index < -0.39 is 15.4 Å². The van der Waals surface area contributed by atoms with E-state index in [1.54, 1.807) is 25.1 Å². The Kier molecular flexibility index (Phi) is 6.23. The van der Waals surface area contributed by atoms with Crippen molar-refractivity contribution in [3.05, 3.63) is 28.8 Å². The minimum absolute atomic E-state index is 0.228. The number of hydrogen-bond acceptors (Lipinski definition) is 4. The third-order valence-corrected chi connectivity index (χ3v) is 4.67. The van der Waals surface area contributed by atoms with Crippen molar-refractivity contribution in [1.29, 1.82) is 0 Å². The van der Waals surface area contributed by atoms with E-state index in [1.807, 2.05) is 13.8 Å². The largest absolute Gasteiger partial charge is 0.389 e. The molecule has 0 aliphatic rings. The minimum Gasteiger partial charge on any atom is -0.389 e. The van der Waals surface area contributed by atoms with Crippen molar-refractivity contribution in [3.8, 4) is 0 Å². The molecule has 0 saturated heterocycles. The van der Waals surface area contributed by atoms with Crippen LogP contribution in [-0.4, -0.2) is 31.9 Å². The molecule has 0 saturated carbocycles. The average Bonchev–Trinajstić information content (AvgIpc) is 2.27. The number of benzene rings is 1. The summed E-state index contributed by atoms with van der Waals surface area (Å²) >= 11 is 6.10. The summed E-state index contributed by atoms with van der Waals surface area (Å²) in [4.78, 5) is 0.228. The predicted molar refractivity (Wildman–Crippen MR) is 86.3 cm³/mol. The van der Waals surface area contributed by atoms with Crippen LogP contribution in [0.25, 0.3) is 0 Å².